The molecule has 4 nitrogen and oxygen atoms in total. The molecule has 0 aliphatic carbocycles. The Bertz CT molecular complexity index is 479. The van der Waals surface area contributed by atoms with E-state index in [2.05, 4.69) is 6.92 Å². The molecular weight excluding hydrogens is 276 g/mol. The highest BCUT2D eigenvalue weighted by Crippen LogP contribution is 2.22. The molecule has 0 saturated carbocycles. The molecule has 1 atom stereocenters. The zero-order valence-electron chi connectivity index (χ0n) is 11.8. The van der Waals surface area contributed by atoms with E-state index in [1.165, 1.54) is 0 Å². The Morgan fingerprint density at radius 3 is 3.05 bits per heavy atom. The highest BCUT2D eigenvalue weighted by Gasteiger charge is 2.25. The summed E-state index contributed by atoms with van der Waals surface area (Å²) in [5.41, 5.74) is 6.78. The molecule has 1 aromatic carbocycles. The number of likely N-dealkylation sites (tertiary alicyclic amines) is 1. The first kappa shape index (κ1) is 15.1. The predicted molar refractivity (Wildman–Crippen MR) is 81.0 cm³/mol. The Balaban J connectivity index is 2.02. The summed E-state index contributed by atoms with van der Waals surface area (Å²) < 4.78 is 5.75. The molecule has 5 heteroatoms. The minimum Gasteiger partial charge on any atom is -0.398 e. The average molecular weight is 297 g/mol. The van der Waals surface area contributed by atoms with E-state index in [4.69, 9.17) is 22.1 Å². The number of hydrogen-bond donors (Lipinski definition) is 1. The summed E-state index contributed by atoms with van der Waals surface area (Å²) in [6, 6.07) is 5.03. The molecule has 1 aliphatic rings. The lowest BCUT2D eigenvalue weighted by molar-refractivity contribution is 0.00211. The van der Waals surface area contributed by atoms with E-state index < -0.39 is 0 Å². The molecule has 1 aromatic rings. The molecule has 1 unspecified atom stereocenters. The second kappa shape index (κ2) is 6.95. The van der Waals surface area contributed by atoms with Gasteiger partial charge >= 0.3 is 0 Å². The number of piperidine rings is 1. The predicted octanol–water partition coefficient (Wildman–Crippen LogP) is 2.95. The minimum absolute atomic E-state index is 0.00170. The Kier molecular flexibility index (Phi) is 5.26. The van der Waals surface area contributed by atoms with Crippen molar-refractivity contribution in [2.45, 2.75) is 32.3 Å². The van der Waals surface area contributed by atoms with Crippen molar-refractivity contribution in [3.05, 3.63) is 28.8 Å². The Labute approximate surface area is 124 Å². The van der Waals surface area contributed by atoms with Gasteiger partial charge in [0.25, 0.3) is 5.91 Å². The molecule has 20 heavy (non-hydrogen) atoms. The second-order valence-corrected chi connectivity index (χ2v) is 5.53. The number of nitrogens with zero attached hydrogens (tertiary/aromatic N) is 1. The number of ether oxygens (including phenoxy) is 1. The van der Waals surface area contributed by atoms with Gasteiger partial charge in [0.2, 0.25) is 0 Å². The summed E-state index contributed by atoms with van der Waals surface area (Å²) in [6.45, 7) is 4.26. The van der Waals surface area contributed by atoms with Crippen LogP contribution in [-0.4, -0.2) is 36.6 Å². The van der Waals surface area contributed by atoms with Crippen LogP contribution in [0, 0.1) is 0 Å². The van der Waals surface area contributed by atoms with Gasteiger partial charge in [-0.3, -0.25) is 4.79 Å². The molecule has 0 radical (unpaired) electrons. The topological polar surface area (TPSA) is 55.6 Å². The van der Waals surface area contributed by atoms with Crippen molar-refractivity contribution in [2.75, 3.05) is 25.4 Å². The summed E-state index contributed by atoms with van der Waals surface area (Å²) in [5.74, 6) is -0.00170. The first-order valence-corrected chi connectivity index (χ1v) is 7.45. The van der Waals surface area contributed by atoms with Gasteiger partial charge in [-0.05, 0) is 37.5 Å². The van der Waals surface area contributed by atoms with Crippen LogP contribution in [0.25, 0.3) is 0 Å². The van der Waals surface area contributed by atoms with E-state index in [0.717, 1.165) is 32.4 Å². The van der Waals surface area contributed by atoms with Crippen molar-refractivity contribution in [3.8, 4) is 0 Å². The molecule has 1 amide bonds. The molecule has 0 bridgehead atoms. The van der Waals surface area contributed by atoms with Crippen LogP contribution in [0.3, 0.4) is 0 Å². The molecule has 0 aromatic heterocycles. The Morgan fingerprint density at radius 1 is 1.55 bits per heavy atom. The monoisotopic (exact) mass is 296 g/mol. The van der Waals surface area contributed by atoms with Crippen LogP contribution >= 0.6 is 11.6 Å². The Hall–Kier alpha value is -1.26. The minimum atomic E-state index is -0.00170. The second-order valence-electron chi connectivity index (χ2n) is 5.12. The molecule has 1 fully saturated rings. The lowest BCUT2D eigenvalue weighted by Crippen LogP contribution is -2.43. The van der Waals surface area contributed by atoms with Crippen molar-refractivity contribution in [1.82, 2.24) is 4.90 Å². The number of nitrogens with two attached hydrogens (primary N) is 1. The molecule has 1 aliphatic heterocycles. The summed E-state index contributed by atoms with van der Waals surface area (Å²) >= 11 is 5.88. The number of halogens is 1. The van der Waals surface area contributed by atoms with Gasteiger partial charge in [0.15, 0.2) is 0 Å². The van der Waals surface area contributed by atoms with Crippen molar-refractivity contribution in [3.63, 3.8) is 0 Å². The molecule has 1 saturated heterocycles. The van der Waals surface area contributed by atoms with Crippen LogP contribution in [0.4, 0.5) is 5.69 Å². The smallest absolute Gasteiger partial charge is 0.254 e. The van der Waals surface area contributed by atoms with Crippen LogP contribution in [0.1, 0.15) is 36.5 Å². The van der Waals surface area contributed by atoms with E-state index in [1.54, 1.807) is 18.2 Å². The highest BCUT2D eigenvalue weighted by atomic mass is 35.5. The molecule has 2 rings (SSSR count). The van der Waals surface area contributed by atoms with Crippen LogP contribution < -0.4 is 5.73 Å². The van der Waals surface area contributed by atoms with E-state index in [9.17, 15) is 4.79 Å². The molecular formula is C15H21ClN2O2. The van der Waals surface area contributed by atoms with Gasteiger partial charge in [0, 0.05) is 25.3 Å². The zero-order valence-corrected chi connectivity index (χ0v) is 12.5. The summed E-state index contributed by atoms with van der Waals surface area (Å²) in [4.78, 5) is 14.3. The molecule has 0 spiro atoms. The zero-order chi connectivity index (χ0) is 14.5. The lowest BCUT2D eigenvalue weighted by atomic mass is 10.1. The maximum atomic E-state index is 12.5. The number of rotatable bonds is 4. The third-order valence-corrected chi connectivity index (χ3v) is 3.81. The highest BCUT2D eigenvalue weighted by molar-refractivity contribution is 6.33. The number of anilines is 1. The third-order valence-electron chi connectivity index (χ3n) is 3.47. The number of amides is 1. The fourth-order valence-corrected chi connectivity index (χ4v) is 2.52. The average Bonchev–Trinajstić information content (AvgIpc) is 2.47. The van der Waals surface area contributed by atoms with Crippen molar-refractivity contribution in [2.24, 2.45) is 0 Å². The quantitative estimate of drug-likeness (QED) is 0.869. The first-order valence-electron chi connectivity index (χ1n) is 7.07. The molecule has 2 N–H and O–H groups in total. The number of nitrogen functional groups attached to an aromatic ring is 1. The fourth-order valence-electron chi connectivity index (χ4n) is 2.40. The van der Waals surface area contributed by atoms with Crippen LogP contribution in [0.2, 0.25) is 5.02 Å². The van der Waals surface area contributed by atoms with E-state index in [0.29, 0.717) is 22.8 Å². The van der Waals surface area contributed by atoms with Crippen molar-refractivity contribution >= 4 is 23.2 Å². The third kappa shape index (κ3) is 3.64. The largest absolute Gasteiger partial charge is 0.398 e. The van der Waals surface area contributed by atoms with Crippen LogP contribution in [0.15, 0.2) is 18.2 Å². The molecule has 1 heterocycles. The summed E-state index contributed by atoms with van der Waals surface area (Å²) in [6.07, 6.45) is 3.14. The first-order chi connectivity index (χ1) is 9.61. The SMILES string of the molecule is CCCOC1CCCN(C(=O)c2ccc(Cl)c(N)c2)C1. The van der Waals surface area contributed by atoms with Crippen LogP contribution in [-0.2, 0) is 4.74 Å². The van der Waals surface area contributed by atoms with Gasteiger partial charge in [0.05, 0.1) is 16.8 Å². The van der Waals surface area contributed by atoms with Gasteiger partial charge in [-0.2, -0.15) is 0 Å². The maximum absolute atomic E-state index is 12.5. The fraction of sp³-hybridized carbons (Fsp3) is 0.533. The maximum Gasteiger partial charge on any atom is 0.254 e. The standard InChI is InChI=1S/C15H21ClN2O2/c1-2-8-20-12-4-3-7-18(10-12)15(19)11-5-6-13(16)14(17)9-11/h5-6,9,12H,2-4,7-8,10,17H2,1H3. The normalized spacial score (nSPS) is 19.1. The van der Waals surface area contributed by atoms with Crippen LogP contribution in [0.5, 0.6) is 0 Å². The van der Waals surface area contributed by atoms with E-state index >= 15 is 0 Å². The van der Waals surface area contributed by atoms with E-state index in [-0.39, 0.29) is 12.0 Å². The molecule has 110 valence electrons. The summed E-state index contributed by atoms with van der Waals surface area (Å²) in [7, 11) is 0. The van der Waals surface area contributed by atoms with Crippen molar-refractivity contribution in [1.29, 1.82) is 0 Å². The van der Waals surface area contributed by atoms with Gasteiger partial charge < -0.3 is 15.4 Å². The number of carbonyl (C=O) groups excluding carboxylic acids is 1. The number of benzene rings is 1. The van der Waals surface area contributed by atoms with Gasteiger partial charge in [-0.15, -0.1) is 0 Å². The Morgan fingerprint density at radius 2 is 2.35 bits per heavy atom. The number of carbonyl (C=O) groups is 1. The van der Waals surface area contributed by atoms with Gasteiger partial charge in [-0.1, -0.05) is 18.5 Å². The van der Waals surface area contributed by atoms with E-state index in [1.807, 2.05) is 4.90 Å². The lowest BCUT2D eigenvalue weighted by Gasteiger charge is -2.32. The summed E-state index contributed by atoms with van der Waals surface area (Å²) in [5, 5.41) is 0.476. The van der Waals surface area contributed by atoms with Gasteiger partial charge in [-0.25, -0.2) is 0 Å². The number of hydrogen-bond acceptors (Lipinski definition) is 3. The van der Waals surface area contributed by atoms with Gasteiger partial charge in [0.1, 0.15) is 0 Å². The van der Waals surface area contributed by atoms with Crippen molar-refractivity contribution < 1.29 is 9.53 Å².